The molecule has 1 aliphatic heterocycles. The van der Waals surface area contributed by atoms with Crippen LogP contribution < -0.4 is 5.73 Å². The molecule has 1 unspecified atom stereocenters. The van der Waals surface area contributed by atoms with E-state index in [1.807, 2.05) is 0 Å². The number of nitrogens with zero attached hydrogens (tertiary/aromatic N) is 2. The van der Waals surface area contributed by atoms with Crippen molar-refractivity contribution in [1.82, 2.24) is 9.80 Å². The fourth-order valence-corrected chi connectivity index (χ4v) is 3.04. The van der Waals surface area contributed by atoms with Crippen LogP contribution in [0.25, 0.3) is 0 Å². The highest BCUT2D eigenvalue weighted by atomic mass is 15.2. The quantitative estimate of drug-likeness (QED) is 0.903. The zero-order chi connectivity index (χ0) is 15.2. The highest BCUT2D eigenvalue weighted by Crippen LogP contribution is 2.14. The van der Waals surface area contributed by atoms with Crippen LogP contribution in [0.15, 0.2) is 18.2 Å². The van der Waals surface area contributed by atoms with Gasteiger partial charge in [-0.05, 0) is 62.5 Å². The molecule has 0 bridgehead atoms. The summed E-state index contributed by atoms with van der Waals surface area (Å²) in [5, 5.41) is 0. The lowest BCUT2D eigenvalue weighted by Crippen LogP contribution is -2.35. The SMILES string of the molecule is Cc1ccc(CN2CCCN(CC(C)CN)CC2)cc1C. The molecule has 21 heavy (non-hydrogen) atoms. The first-order chi connectivity index (χ1) is 10.1. The summed E-state index contributed by atoms with van der Waals surface area (Å²) in [5.74, 6) is 0.608. The molecule has 2 N–H and O–H groups in total. The Morgan fingerprint density at radius 3 is 2.48 bits per heavy atom. The average molecular weight is 289 g/mol. The molecule has 3 nitrogen and oxygen atoms in total. The second kappa shape index (κ2) is 7.92. The summed E-state index contributed by atoms with van der Waals surface area (Å²) < 4.78 is 0. The summed E-state index contributed by atoms with van der Waals surface area (Å²) >= 11 is 0. The number of aryl methyl sites for hydroxylation is 2. The number of nitrogens with two attached hydrogens (primary N) is 1. The summed E-state index contributed by atoms with van der Waals surface area (Å²) in [6, 6.07) is 6.87. The minimum atomic E-state index is 0.608. The second-order valence-electron chi connectivity index (χ2n) is 6.69. The molecule has 3 heteroatoms. The smallest absolute Gasteiger partial charge is 0.0234 e. The normalized spacial score (nSPS) is 19.4. The first kappa shape index (κ1) is 16.5. The van der Waals surface area contributed by atoms with E-state index in [0.717, 1.165) is 19.6 Å². The number of hydrogen-bond donors (Lipinski definition) is 1. The Labute approximate surface area is 130 Å². The summed E-state index contributed by atoms with van der Waals surface area (Å²) in [6.07, 6.45) is 1.27. The third kappa shape index (κ3) is 5.10. The third-order valence-corrected chi connectivity index (χ3v) is 4.63. The van der Waals surface area contributed by atoms with Crippen molar-refractivity contribution in [1.29, 1.82) is 0 Å². The van der Waals surface area contributed by atoms with E-state index in [9.17, 15) is 0 Å². The van der Waals surface area contributed by atoms with Crippen molar-refractivity contribution in [3.05, 3.63) is 34.9 Å². The Hall–Kier alpha value is -0.900. The summed E-state index contributed by atoms with van der Waals surface area (Å²) in [5.41, 5.74) is 9.98. The predicted molar refractivity (Wildman–Crippen MR) is 90.5 cm³/mol. The molecule has 1 aromatic carbocycles. The summed E-state index contributed by atoms with van der Waals surface area (Å²) in [4.78, 5) is 5.18. The van der Waals surface area contributed by atoms with Gasteiger partial charge in [-0.1, -0.05) is 25.1 Å². The van der Waals surface area contributed by atoms with Gasteiger partial charge in [0.1, 0.15) is 0 Å². The van der Waals surface area contributed by atoms with Gasteiger partial charge >= 0.3 is 0 Å². The zero-order valence-electron chi connectivity index (χ0n) is 13.9. The van der Waals surface area contributed by atoms with Gasteiger partial charge in [0, 0.05) is 26.2 Å². The number of benzene rings is 1. The Balaban J connectivity index is 1.86. The van der Waals surface area contributed by atoms with Crippen molar-refractivity contribution in [3.63, 3.8) is 0 Å². The van der Waals surface area contributed by atoms with Crippen molar-refractivity contribution in [2.24, 2.45) is 11.7 Å². The van der Waals surface area contributed by atoms with E-state index in [-0.39, 0.29) is 0 Å². The average Bonchev–Trinajstić information content (AvgIpc) is 2.68. The molecule has 1 saturated heterocycles. The first-order valence-corrected chi connectivity index (χ1v) is 8.29. The molecule has 0 saturated carbocycles. The van der Waals surface area contributed by atoms with E-state index in [4.69, 9.17) is 5.73 Å². The maximum atomic E-state index is 5.75. The van der Waals surface area contributed by atoms with Gasteiger partial charge in [-0.15, -0.1) is 0 Å². The van der Waals surface area contributed by atoms with Crippen molar-refractivity contribution in [2.45, 2.75) is 33.7 Å². The van der Waals surface area contributed by atoms with E-state index < -0.39 is 0 Å². The van der Waals surface area contributed by atoms with Gasteiger partial charge in [-0.3, -0.25) is 4.90 Å². The van der Waals surface area contributed by atoms with Gasteiger partial charge in [0.2, 0.25) is 0 Å². The van der Waals surface area contributed by atoms with E-state index in [0.29, 0.717) is 5.92 Å². The van der Waals surface area contributed by atoms with E-state index in [1.54, 1.807) is 0 Å². The molecule has 1 heterocycles. The highest BCUT2D eigenvalue weighted by Gasteiger charge is 2.16. The van der Waals surface area contributed by atoms with Crippen molar-refractivity contribution in [3.8, 4) is 0 Å². The monoisotopic (exact) mass is 289 g/mol. The lowest BCUT2D eigenvalue weighted by Gasteiger charge is -2.24. The molecular formula is C18H31N3. The Bertz CT molecular complexity index is 444. The fourth-order valence-electron chi connectivity index (χ4n) is 3.04. The second-order valence-corrected chi connectivity index (χ2v) is 6.69. The molecule has 0 radical (unpaired) electrons. The minimum Gasteiger partial charge on any atom is -0.330 e. The van der Waals surface area contributed by atoms with Crippen LogP contribution in [0, 0.1) is 19.8 Å². The van der Waals surface area contributed by atoms with Crippen LogP contribution in [-0.4, -0.2) is 49.1 Å². The molecular weight excluding hydrogens is 258 g/mol. The van der Waals surface area contributed by atoms with Crippen LogP contribution in [0.1, 0.15) is 30.0 Å². The largest absolute Gasteiger partial charge is 0.330 e. The molecule has 0 aromatic heterocycles. The van der Waals surface area contributed by atoms with Crippen LogP contribution >= 0.6 is 0 Å². The van der Waals surface area contributed by atoms with E-state index in [1.165, 1.54) is 49.3 Å². The standard InChI is InChI=1S/C18H31N3/c1-15(12-19)13-20-7-4-8-21(10-9-20)14-18-6-5-16(2)17(3)11-18/h5-6,11,15H,4,7-10,12-14,19H2,1-3H3. The van der Waals surface area contributed by atoms with Gasteiger partial charge in [0.05, 0.1) is 0 Å². The van der Waals surface area contributed by atoms with Crippen LogP contribution in [0.3, 0.4) is 0 Å². The fraction of sp³-hybridized carbons (Fsp3) is 0.667. The van der Waals surface area contributed by atoms with Crippen molar-refractivity contribution in [2.75, 3.05) is 39.3 Å². The molecule has 2 rings (SSSR count). The predicted octanol–water partition coefficient (Wildman–Crippen LogP) is 2.41. The van der Waals surface area contributed by atoms with Crippen molar-refractivity contribution < 1.29 is 0 Å². The van der Waals surface area contributed by atoms with Crippen LogP contribution in [0.4, 0.5) is 0 Å². The Morgan fingerprint density at radius 1 is 1.05 bits per heavy atom. The van der Waals surface area contributed by atoms with Gasteiger partial charge < -0.3 is 10.6 Å². The first-order valence-electron chi connectivity index (χ1n) is 8.29. The highest BCUT2D eigenvalue weighted by molar-refractivity contribution is 5.29. The van der Waals surface area contributed by atoms with Crippen LogP contribution in [0.5, 0.6) is 0 Å². The molecule has 1 atom stereocenters. The maximum absolute atomic E-state index is 5.75. The zero-order valence-corrected chi connectivity index (χ0v) is 13.9. The summed E-state index contributed by atoms with van der Waals surface area (Å²) in [6.45, 7) is 14.4. The molecule has 1 aromatic rings. The van der Waals surface area contributed by atoms with Gasteiger partial charge in [-0.2, -0.15) is 0 Å². The molecule has 0 amide bonds. The van der Waals surface area contributed by atoms with Gasteiger partial charge in [0.25, 0.3) is 0 Å². The topological polar surface area (TPSA) is 32.5 Å². The van der Waals surface area contributed by atoms with Gasteiger partial charge in [0.15, 0.2) is 0 Å². The molecule has 118 valence electrons. The van der Waals surface area contributed by atoms with E-state index >= 15 is 0 Å². The molecule has 1 fully saturated rings. The van der Waals surface area contributed by atoms with Crippen LogP contribution in [0.2, 0.25) is 0 Å². The third-order valence-electron chi connectivity index (χ3n) is 4.63. The van der Waals surface area contributed by atoms with Gasteiger partial charge in [-0.25, -0.2) is 0 Å². The lowest BCUT2D eigenvalue weighted by atomic mass is 10.1. The minimum absolute atomic E-state index is 0.608. The van der Waals surface area contributed by atoms with Crippen LogP contribution in [-0.2, 0) is 6.54 Å². The molecule has 0 spiro atoms. The molecule has 1 aliphatic rings. The van der Waals surface area contributed by atoms with Crippen molar-refractivity contribution >= 4 is 0 Å². The number of rotatable bonds is 5. The Kier molecular flexibility index (Phi) is 6.22. The molecule has 0 aliphatic carbocycles. The lowest BCUT2D eigenvalue weighted by molar-refractivity contribution is 0.232. The Morgan fingerprint density at radius 2 is 1.76 bits per heavy atom. The summed E-state index contributed by atoms with van der Waals surface area (Å²) in [7, 11) is 0. The maximum Gasteiger partial charge on any atom is 0.0234 e. The van der Waals surface area contributed by atoms with E-state index in [2.05, 4.69) is 48.8 Å². The number of hydrogen-bond acceptors (Lipinski definition) is 3.